The first kappa shape index (κ1) is 13.8. The minimum atomic E-state index is -0.353. The van der Waals surface area contributed by atoms with Gasteiger partial charge >= 0.3 is 0 Å². The van der Waals surface area contributed by atoms with Crippen LogP contribution in [0.2, 0.25) is 0 Å². The second-order valence-electron chi connectivity index (χ2n) is 3.65. The molecule has 0 aromatic rings. The summed E-state index contributed by atoms with van der Waals surface area (Å²) in [5.41, 5.74) is 0. The molecule has 4 heteroatoms. The molecule has 2 unspecified atom stereocenters. The molecule has 0 bridgehead atoms. The van der Waals surface area contributed by atoms with E-state index in [4.69, 9.17) is 5.11 Å². The fourth-order valence-electron chi connectivity index (χ4n) is 1.30. The number of nitrogens with one attached hydrogen (secondary N) is 1. The largest absolute Gasteiger partial charge is 0.392 e. The molecule has 0 saturated heterocycles. The Balaban J connectivity index is 3.48. The highest BCUT2D eigenvalue weighted by molar-refractivity contribution is 4.65. The van der Waals surface area contributed by atoms with Gasteiger partial charge in [-0.2, -0.15) is 0 Å². The summed E-state index contributed by atoms with van der Waals surface area (Å²) < 4.78 is 0. The van der Waals surface area contributed by atoms with Gasteiger partial charge in [0, 0.05) is 19.6 Å². The van der Waals surface area contributed by atoms with Crippen LogP contribution in [0.25, 0.3) is 0 Å². The van der Waals surface area contributed by atoms with Crippen molar-refractivity contribution in [1.82, 2.24) is 10.2 Å². The predicted octanol–water partition coefficient (Wildman–Crippen LogP) is -0.340. The van der Waals surface area contributed by atoms with Crippen LogP contribution in [0.4, 0.5) is 0 Å². The van der Waals surface area contributed by atoms with Gasteiger partial charge in [-0.15, -0.1) is 0 Å². The topological polar surface area (TPSA) is 55.7 Å². The highest BCUT2D eigenvalue weighted by Gasteiger charge is 2.08. The first-order chi connectivity index (χ1) is 6.60. The van der Waals surface area contributed by atoms with Crippen molar-refractivity contribution in [3.8, 4) is 0 Å². The van der Waals surface area contributed by atoms with Crippen molar-refractivity contribution in [3.63, 3.8) is 0 Å². The fraction of sp³-hybridized carbons (Fsp3) is 1.00. The van der Waals surface area contributed by atoms with E-state index in [9.17, 15) is 5.11 Å². The molecule has 0 rings (SSSR count). The van der Waals surface area contributed by atoms with E-state index in [2.05, 4.69) is 24.1 Å². The smallest absolute Gasteiger partial charge is 0.0791 e. The zero-order valence-electron chi connectivity index (χ0n) is 9.53. The maximum absolute atomic E-state index is 9.61. The number of likely N-dealkylation sites (N-methyl/N-ethyl adjacent to an activating group) is 1. The molecule has 14 heavy (non-hydrogen) atoms. The van der Waals surface area contributed by atoms with Gasteiger partial charge < -0.3 is 20.4 Å². The average molecular weight is 204 g/mol. The SMILES string of the molecule is CCN(CC)CC(O)CNCC(C)O. The van der Waals surface area contributed by atoms with Crippen molar-refractivity contribution < 1.29 is 10.2 Å². The maximum Gasteiger partial charge on any atom is 0.0791 e. The van der Waals surface area contributed by atoms with Crippen molar-refractivity contribution in [2.24, 2.45) is 0 Å². The fourth-order valence-corrected chi connectivity index (χ4v) is 1.30. The van der Waals surface area contributed by atoms with E-state index in [-0.39, 0.29) is 12.2 Å². The van der Waals surface area contributed by atoms with E-state index >= 15 is 0 Å². The molecular formula is C10H24N2O2. The van der Waals surface area contributed by atoms with Crippen LogP contribution in [0.5, 0.6) is 0 Å². The van der Waals surface area contributed by atoms with Gasteiger partial charge in [-0.3, -0.25) is 0 Å². The van der Waals surface area contributed by atoms with Gasteiger partial charge in [-0.25, -0.2) is 0 Å². The molecule has 0 aromatic carbocycles. The first-order valence-electron chi connectivity index (χ1n) is 5.39. The van der Waals surface area contributed by atoms with Crippen LogP contribution in [0, 0.1) is 0 Å². The van der Waals surface area contributed by atoms with Crippen LogP contribution >= 0.6 is 0 Å². The summed E-state index contributed by atoms with van der Waals surface area (Å²) in [6.07, 6.45) is -0.704. The van der Waals surface area contributed by atoms with E-state index < -0.39 is 0 Å². The van der Waals surface area contributed by atoms with E-state index in [0.717, 1.165) is 13.1 Å². The van der Waals surface area contributed by atoms with Crippen LogP contribution in [0.15, 0.2) is 0 Å². The summed E-state index contributed by atoms with van der Waals surface area (Å²) in [5, 5.41) is 21.6. The molecule has 0 aliphatic rings. The molecule has 0 aliphatic heterocycles. The Morgan fingerprint density at radius 2 is 1.71 bits per heavy atom. The molecule has 0 aromatic heterocycles. The Morgan fingerprint density at radius 1 is 1.14 bits per heavy atom. The molecule has 0 amide bonds. The molecule has 0 heterocycles. The minimum Gasteiger partial charge on any atom is -0.392 e. The lowest BCUT2D eigenvalue weighted by atomic mass is 10.3. The molecule has 0 fully saturated rings. The van der Waals surface area contributed by atoms with Gasteiger partial charge in [-0.05, 0) is 20.0 Å². The molecule has 0 spiro atoms. The zero-order chi connectivity index (χ0) is 11.0. The van der Waals surface area contributed by atoms with Crippen LogP contribution in [0.1, 0.15) is 20.8 Å². The first-order valence-corrected chi connectivity index (χ1v) is 5.39. The van der Waals surface area contributed by atoms with Gasteiger partial charge in [0.05, 0.1) is 12.2 Å². The number of aliphatic hydroxyl groups is 2. The van der Waals surface area contributed by atoms with Crippen LogP contribution in [-0.2, 0) is 0 Å². The summed E-state index contributed by atoms with van der Waals surface area (Å²) in [4.78, 5) is 2.18. The Kier molecular flexibility index (Phi) is 8.08. The molecule has 0 radical (unpaired) electrons. The van der Waals surface area contributed by atoms with Gasteiger partial charge in [0.1, 0.15) is 0 Å². The van der Waals surface area contributed by atoms with E-state index in [1.165, 1.54) is 0 Å². The second-order valence-corrected chi connectivity index (χ2v) is 3.65. The normalized spacial score (nSPS) is 15.9. The van der Waals surface area contributed by atoms with Crippen molar-refractivity contribution in [1.29, 1.82) is 0 Å². The van der Waals surface area contributed by atoms with Crippen molar-refractivity contribution in [2.45, 2.75) is 33.0 Å². The lowest BCUT2D eigenvalue weighted by Gasteiger charge is -2.22. The zero-order valence-corrected chi connectivity index (χ0v) is 9.53. The van der Waals surface area contributed by atoms with Gasteiger partial charge in [0.15, 0.2) is 0 Å². The average Bonchev–Trinajstić information content (AvgIpc) is 2.13. The minimum absolute atomic E-state index is 0.351. The quantitative estimate of drug-likeness (QED) is 0.506. The van der Waals surface area contributed by atoms with Crippen molar-refractivity contribution in [3.05, 3.63) is 0 Å². The lowest BCUT2D eigenvalue weighted by Crippen LogP contribution is -2.39. The number of hydrogen-bond donors (Lipinski definition) is 3. The third-order valence-corrected chi connectivity index (χ3v) is 2.18. The number of rotatable bonds is 8. The molecule has 86 valence electrons. The van der Waals surface area contributed by atoms with E-state index in [0.29, 0.717) is 19.6 Å². The van der Waals surface area contributed by atoms with Crippen LogP contribution in [0.3, 0.4) is 0 Å². The third kappa shape index (κ3) is 7.26. The highest BCUT2D eigenvalue weighted by Crippen LogP contribution is 1.91. The summed E-state index contributed by atoms with van der Waals surface area (Å²) >= 11 is 0. The van der Waals surface area contributed by atoms with Crippen molar-refractivity contribution in [2.75, 3.05) is 32.7 Å². The monoisotopic (exact) mass is 204 g/mol. The highest BCUT2D eigenvalue weighted by atomic mass is 16.3. The maximum atomic E-state index is 9.61. The summed E-state index contributed by atoms with van der Waals surface area (Å²) in [7, 11) is 0. The Morgan fingerprint density at radius 3 is 2.14 bits per heavy atom. The number of aliphatic hydroxyl groups excluding tert-OH is 2. The van der Waals surface area contributed by atoms with Gasteiger partial charge in [-0.1, -0.05) is 13.8 Å². The second kappa shape index (κ2) is 8.17. The summed E-state index contributed by atoms with van der Waals surface area (Å²) in [6, 6.07) is 0. The van der Waals surface area contributed by atoms with Gasteiger partial charge in [0.2, 0.25) is 0 Å². The molecule has 0 aliphatic carbocycles. The van der Waals surface area contributed by atoms with Crippen LogP contribution < -0.4 is 5.32 Å². The molecule has 4 nitrogen and oxygen atoms in total. The lowest BCUT2D eigenvalue weighted by molar-refractivity contribution is 0.111. The Labute approximate surface area is 86.9 Å². The predicted molar refractivity (Wildman–Crippen MR) is 58.3 cm³/mol. The third-order valence-electron chi connectivity index (χ3n) is 2.18. The van der Waals surface area contributed by atoms with Crippen molar-refractivity contribution >= 4 is 0 Å². The number of nitrogens with zero attached hydrogens (tertiary/aromatic N) is 1. The Bertz CT molecular complexity index is 127. The molecular weight excluding hydrogens is 180 g/mol. The van der Waals surface area contributed by atoms with E-state index in [1.54, 1.807) is 6.92 Å². The number of hydrogen-bond acceptors (Lipinski definition) is 4. The molecule has 3 N–H and O–H groups in total. The summed E-state index contributed by atoms with van der Waals surface area (Å²) in [5.74, 6) is 0. The van der Waals surface area contributed by atoms with E-state index in [1.807, 2.05) is 0 Å². The van der Waals surface area contributed by atoms with Gasteiger partial charge in [0.25, 0.3) is 0 Å². The Hall–Kier alpha value is -0.160. The molecule has 2 atom stereocenters. The molecule has 0 saturated carbocycles. The van der Waals surface area contributed by atoms with Crippen LogP contribution in [-0.4, -0.2) is 60.0 Å². The standard InChI is InChI=1S/C10H24N2O2/c1-4-12(5-2)8-10(14)7-11-6-9(3)13/h9-11,13-14H,4-8H2,1-3H3. The summed E-state index contributed by atoms with van der Waals surface area (Å²) in [6.45, 7) is 9.59.